The predicted molar refractivity (Wildman–Crippen MR) is 73.9 cm³/mol. The minimum absolute atomic E-state index is 0.150. The molecule has 0 spiro atoms. The highest BCUT2D eigenvalue weighted by molar-refractivity contribution is 5.31. The molecule has 0 fully saturated rings. The summed E-state index contributed by atoms with van der Waals surface area (Å²) in [6.45, 7) is 0. The number of rotatable bonds is 3. The van der Waals surface area contributed by atoms with Gasteiger partial charge in [-0.3, -0.25) is 0 Å². The van der Waals surface area contributed by atoms with E-state index in [-0.39, 0.29) is 11.6 Å². The van der Waals surface area contributed by atoms with Crippen LogP contribution < -0.4 is 5.32 Å². The van der Waals surface area contributed by atoms with E-state index in [1.165, 1.54) is 37.5 Å². The zero-order chi connectivity index (χ0) is 13.7. The Morgan fingerprint density at radius 2 is 1.74 bits per heavy atom. The van der Waals surface area contributed by atoms with Crippen LogP contribution in [0.2, 0.25) is 0 Å². The van der Waals surface area contributed by atoms with Crippen molar-refractivity contribution in [3.8, 4) is 0 Å². The number of allylic oxidation sites excluding steroid dienone is 1. The van der Waals surface area contributed by atoms with E-state index >= 15 is 0 Å². The van der Waals surface area contributed by atoms with Crippen molar-refractivity contribution in [2.75, 3.05) is 7.05 Å². The number of likely N-dealkylation sites (N-methyl/N-ethyl adjacent to an activating group) is 1. The summed E-state index contributed by atoms with van der Waals surface area (Å²) in [5.74, 6) is -0.940. The van der Waals surface area contributed by atoms with Gasteiger partial charge in [0.15, 0.2) is 0 Å². The van der Waals surface area contributed by atoms with Crippen LogP contribution in [0.1, 0.15) is 50.1 Å². The number of hydrogen-bond donors (Lipinski definition) is 1. The summed E-state index contributed by atoms with van der Waals surface area (Å²) >= 11 is 0. The van der Waals surface area contributed by atoms with Gasteiger partial charge in [0.2, 0.25) is 0 Å². The average molecular weight is 265 g/mol. The van der Waals surface area contributed by atoms with Gasteiger partial charge in [0.05, 0.1) is 6.04 Å². The molecule has 104 valence electrons. The second-order valence-corrected chi connectivity index (χ2v) is 5.09. The Kier molecular flexibility index (Phi) is 5.08. The highest BCUT2D eigenvalue weighted by Gasteiger charge is 2.22. The molecule has 1 aliphatic carbocycles. The van der Waals surface area contributed by atoms with E-state index in [0.717, 1.165) is 24.8 Å². The molecule has 1 nitrogen and oxygen atoms in total. The summed E-state index contributed by atoms with van der Waals surface area (Å²) in [6.07, 6.45) is 8.80. The van der Waals surface area contributed by atoms with Crippen molar-refractivity contribution in [1.82, 2.24) is 5.32 Å². The van der Waals surface area contributed by atoms with Gasteiger partial charge in [-0.25, -0.2) is 8.78 Å². The molecule has 0 saturated carbocycles. The standard InChI is InChI=1S/C16H21F2N/c1-19-16(12-8-5-3-2-4-6-9-12)15-13(17)10-7-11-14(15)18/h7-8,10-11,16,19H,2-6,9H2,1H3/b12-8+. The first kappa shape index (κ1) is 14.2. The molecule has 1 aliphatic rings. The van der Waals surface area contributed by atoms with Crippen LogP contribution >= 0.6 is 0 Å². The zero-order valence-electron chi connectivity index (χ0n) is 11.4. The van der Waals surface area contributed by atoms with E-state index in [1.807, 2.05) is 0 Å². The highest BCUT2D eigenvalue weighted by atomic mass is 19.1. The van der Waals surface area contributed by atoms with Gasteiger partial charge in [-0.1, -0.05) is 30.6 Å². The fourth-order valence-corrected chi connectivity index (χ4v) is 2.78. The Bertz CT molecular complexity index is 434. The van der Waals surface area contributed by atoms with E-state index in [4.69, 9.17) is 0 Å². The summed E-state index contributed by atoms with van der Waals surface area (Å²) in [4.78, 5) is 0. The summed E-state index contributed by atoms with van der Waals surface area (Å²) < 4.78 is 27.8. The fourth-order valence-electron chi connectivity index (χ4n) is 2.78. The van der Waals surface area contributed by atoms with Crippen molar-refractivity contribution in [2.24, 2.45) is 0 Å². The lowest BCUT2D eigenvalue weighted by molar-refractivity contribution is 0.503. The van der Waals surface area contributed by atoms with Crippen LogP contribution in [-0.4, -0.2) is 7.05 Å². The van der Waals surface area contributed by atoms with Crippen molar-refractivity contribution >= 4 is 0 Å². The Labute approximate surface area is 113 Å². The molecule has 1 aromatic rings. The molecule has 0 aromatic heterocycles. The average Bonchev–Trinajstić information content (AvgIpc) is 2.35. The van der Waals surface area contributed by atoms with E-state index in [1.54, 1.807) is 7.05 Å². The summed E-state index contributed by atoms with van der Waals surface area (Å²) in [5.41, 5.74) is 1.27. The first-order valence-electron chi connectivity index (χ1n) is 7.04. The van der Waals surface area contributed by atoms with Crippen LogP contribution in [0.15, 0.2) is 29.8 Å². The van der Waals surface area contributed by atoms with Crippen molar-refractivity contribution in [1.29, 1.82) is 0 Å². The Balaban J connectivity index is 2.32. The number of nitrogens with one attached hydrogen (secondary N) is 1. The third-order valence-electron chi connectivity index (χ3n) is 3.77. The molecule has 1 aromatic carbocycles. The molecule has 0 aliphatic heterocycles. The lowest BCUT2D eigenvalue weighted by atomic mass is 9.90. The Hall–Kier alpha value is -1.22. The van der Waals surface area contributed by atoms with Crippen molar-refractivity contribution in [2.45, 2.75) is 44.6 Å². The van der Waals surface area contributed by atoms with E-state index in [9.17, 15) is 8.78 Å². The summed E-state index contributed by atoms with van der Waals surface area (Å²) in [7, 11) is 1.76. The van der Waals surface area contributed by atoms with Crippen molar-refractivity contribution < 1.29 is 8.78 Å². The molecule has 1 atom stereocenters. The molecule has 1 N–H and O–H groups in total. The molecule has 3 heteroatoms. The fraction of sp³-hybridized carbons (Fsp3) is 0.500. The first-order valence-corrected chi connectivity index (χ1v) is 7.04. The number of halogens is 2. The van der Waals surface area contributed by atoms with Gasteiger partial charge in [-0.2, -0.15) is 0 Å². The van der Waals surface area contributed by atoms with Crippen LogP contribution in [0, 0.1) is 11.6 Å². The molecule has 0 amide bonds. The monoisotopic (exact) mass is 265 g/mol. The van der Waals surface area contributed by atoms with Gasteiger partial charge in [-0.05, 0) is 44.9 Å². The maximum absolute atomic E-state index is 13.9. The SMILES string of the molecule is CNC(/C1=C/CCCCCC1)c1c(F)cccc1F. The minimum Gasteiger partial charge on any atom is -0.309 e. The van der Waals surface area contributed by atoms with Crippen LogP contribution in [0.3, 0.4) is 0 Å². The maximum Gasteiger partial charge on any atom is 0.131 e. The van der Waals surface area contributed by atoms with Crippen molar-refractivity contribution in [3.63, 3.8) is 0 Å². The Morgan fingerprint density at radius 1 is 1.05 bits per heavy atom. The van der Waals surface area contributed by atoms with Crippen molar-refractivity contribution in [3.05, 3.63) is 47.0 Å². The third kappa shape index (κ3) is 3.41. The minimum atomic E-state index is -0.470. The lowest BCUT2D eigenvalue weighted by Gasteiger charge is -2.23. The van der Waals surface area contributed by atoms with Gasteiger partial charge in [0.1, 0.15) is 11.6 Å². The maximum atomic E-state index is 13.9. The second kappa shape index (κ2) is 6.80. The Morgan fingerprint density at radius 3 is 2.42 bits per heavy atom. The predicted octanol–water partition coefficient (Wildman–Crippen LogP) is 4.51. The normalized spacial score (nSPS) is 21.1. The summed E-state index contributed by atoms with van der Waals surface area (Å²) in [5, 5.41) is 3.07. The van der Waals surface area contributed by atoms with Crippen LogP contribution in [-0.2, 0) is 0 Å². The molecular formula is C16H21F2N. The summed E-state index contributed by atoms with van der Waals surface area (Å²) in [6, 6.07) is 3.71. The molecular weight excluding hydrogens is 244 g/mol. The van der Waals surface area contributed by atoms with Gasteiger partial charge in [0.25, 0.3) is 0 Å². The van der Waals surface area contributed by atoms with Gasteiger partial charge in [-0.15, -0.1) is 0 Å². The molecule has 0 bridgehead atoms. The van der Waals surface area contributed by atoms with Crippen LogP contribution in [0.4, 0.5) is 8.78 Å². The second-order valence-electron chi connectivity index (χ2n) is 5.09. The largest absolute Gasteiger partial charge is 0.309 e. The zero-order valence-corrected chi connectivity index (χ0v) is 11.4. The molecule has 19 heavy (non-hydrogen) atoms. The van der Waals surface area contributed by atoms with Gasteiger partial charge < -0.3 is 5.32 Å². The van der Waals surface area contributed by atoms with Crippen LogP contribution in [0.5, 0.6) is 0 Å². The van der Waals surface area contributed by atoms with E-state index in [0.29, 0.717) is 0 Å². The topological polar surface area (TPSA) is 12.0 Å². The molecule has 1 unspecified atom stereocenters. The molecule has 0 heterocycles. The highest BCUT2D eigenvalue weighted by Crippen LogP contribution is 2.31. The quantitative estimate of drug-likeness (QED) is 0.793. The number of hydrogen-bond acceptors (Lipinski definition) is 1. The van der Waals surface area contributed by atoms with Crippen LogP contribution in [0.25, 0.3) is 0 Å². The van der Waals surface area contributed by atoms with E-state index < -0.39 is 11.6 Å². The first-order chi connectivity index (χ1) is 9.24. The molecule has 2 rings (SSSR count). The lowest BCUT2D eigenvalue weighted by Crippen LogP contribution is -2.22. The van der Waals surface area contributed by atoms with E-state index in [2.05, 4.69) is 11.4 Å². The molecule has 0 radical (unpaired) electrons. The number of benzene rings is 1. The molecule has 0 saturated heterocycles. The smallest absolute Gasteiger partial charge is 0.131 e. The van der Waals surface area contributed by atoms with Gasteiger partial charge >= 0.3 is 0 Å². The third-order valence-corrected chi connectivity index (χ3v) is 3.77. The van der Waals surface area contributed by atoms with Gasteiger partial charge in [0, 0.05) is 5.56 Å².